The number of nitrogens with zero attached hydrogens (tertiary/aromatic N) is 2. The van der Waals surface area contributed by atoms with Crippen LogP contribution in [0.15, 0.2) is 0 Å². The molecule has 8 heteroatoms. The fourth-order valence-electron chi connectivity index (χ4n) is 11.7. The second-order valence-electron chi connectivity index (χ2n) is 15.8. The largest absolute Gasteiger partial charge is 1.00 e. The average Bonchev–Trinajstić information content (AvgIpc) is 3.21. The van der Waals surface area contributed by atoms with Gasteiger partial charge in [0, 0.05) is 31.7 Å². The first-order chi connectivity index (χ1) is 19.0. The van der Waals surface area contributed by atoms with Crippen LogP contribution in [0.2, 0.25) is 0 Å². The van der Waals surface area contributed by atoms with Gasteiger partial charge in [-0.3, -0.25) is 14.5 Å². The van der Waals surface area contributed by atoms with Crippen LogP contribution in [-0.4, -0.2) is 78.8 Å². The van der Waals surface area contributed by atoms with Crippen LogP contribution in [0.25, 0.3) is 0 Å². The van der Waals surface area contributed by atoms with E-state index in [0.29, 0.717) is 35.3 Å². The summed E-state index contributed by atoms with van der Waals surface area (Å²) in [6.07, 6.45) is 16.3. The van der Waals surface area contributed by atoms with Gasteiger partial charge in [-0.15, -0.1) is 12.4 Å². The lowest BCUT2D eigenvalue weighted by Gasteiger charge is -2.62. The third-order valence-electron chi connectivity index (χ3n) is 13.7. The van der Waals surface area contributed by atoms with Crippen molar-refractivity contribution in [3.05, 3.63) is 0 Å². The molecule has 2 aliphatic heterocycles. The molecule has 0 N–H and O–H groups in total. The van der Waals surface area contributed by atoms with Crippen LogP contribution < -0.4 is 17.0 Å². The predicted molar refractivity (Wildman–Crippen MR) is 164 cm³/mol. The van der Waals surface area contributed by atoms with Gasteiger partial charge in [-0.05, 0) is 113 Å². The second-order valence-corrected chi connectivity index (χ2v) is 15.8. The summed E-state index contributed by atoms with van der Waals surface area (Å²) in [7, 11) is 2.47. The Morgan fingerprint density at radius 1 is 0.810 bits per heavy atom. The molecule has 0 spiro atoms. The lowest BCUT2D eigenvalue weighted by molar-refractivity contribution is -0.940. The van der Waals surface area contributed by atoms with E-state index in [1.807, 2.05) is 0 Å². The van der Waals surface area contributed by atoms with Gasteiger partial charge in [-0.25, -0.2) is 0 Å². The van der Waals surface area contributed by atoms with Gasteiger partial charge in [0.25, 0.3) is 0 Å². The van der Waals surface area contributed by atoms with Crippen molar-refractivity contribution in [2.45, 2.75) is 135 Å². The summed E-state index contributed by atoms with van der Waals surface area (Å²) in [5.74, 6) is 2.50. The molecule has 6 rings (SSSR count). The first-order valence-corrected chi connectivity index (χ1v) is 17.0. The number of esters is 2. The highest BCUT2D eigenvalue weighted by Crippen LogP contribution is 2.67. The Hall–Kier alpha value is -0.370. The molecule has 0 aromatic heterocycles. The van der Waals surface area contributed by atoms with Crippen LogP contribution in [0.4, 0.5) is 0 Å². The molecule has 0 aromatic carbocycles. The quantitative estimate of drug-likeness (QED) is 0.339. The van der Waals surface area contributed by atoms with Crippen LogP contribution in [0, 0.1) is 34.5 Å². The number of hydrogen-bond acceptors (Lipinski definition) is 5. The third kappa shape index (κ3) is 5.96. The summed E-state index contributed by atoms with van der Waals surface area (Å²) < 4.78 is 13.5. The maximum absolute atomic E-state index is 12.5. The van der Waals surface area contributed by atoms with Crippen molar-refractivity contribution >= 4 is 24.3 Å². The molecule has 4 saturated carbocycles. The normalized spacial score (nSPS) is 44.7. The summed E-state index contributed by atoms with van der Waals surface area (Å²) in [5.41, 5.74) is 0.377. The molecule has 242 valence electrons. The second kappa shape index (κ2) is 13.2. The van der Waals surface area contributed by atoms with E-state index in [9.17, 15) is 9.59 Å². The fourth-order valence-corrected chi connectivity index (χ4v) is 11.7. The summed E-state index contributed by atoms with van der Waals surface area (Å²) >= 11 is 0. The minimum atomic E-state index is -0.111. The van der Waals surface area contributed by atoms with Crippen molar-refractivity contribution in [2.24, 2.45) is 34.5 Å². The maximum Gasteiger partial charge on any atom is 0.303 e. The van der Waals surface area contributed by atoms with E-state index < -0.39 is 0 Å². The van der Waals surface area contributed by atoms with Crippen LogP contribution in [0.5, 0.6) is 0 Å². The number of hydrogen-bond donors (Lipinski definition) is 0. The number of piperidine rings is 2. The highest BCUT2D eigenvalue weighted by molar-refractivity contribution is 5.85. The van der Waals surface area contributed by atoms with Crippen LogP contribution in [0.1, 0.15) is 111 Å². The maximum atomic E-state index is 12.5. The Balaban J connectivity index is 0.00000202. The summed E-state index contributed by atoms with van der Waals surface area (Å²) in [6, 6.07) is 0.796. The Kier molecular flexibility index (Phi) is 10.8. The number of rotatable bonds is 4. The van der Waals surface area contributed by atoms with Gasteiger partial charge in [0.05, 0.1) is 20.1 Å². The van der Waals surface area contributed by atoms with E-state index in [1.165, 1.54) is 90.1 Å². The zero-order chi connectivity index (χ0) is 28.3. The summed E-state index contributed by atoms with van der Waals surface area (Å²) in [4.78, 5) is 27.4. The van der Waals surface area contributed by atoms with Gasteiger partial charge in [-0.2, -0.15) is 0 Å². The average molecular weight is 674 g/mol. The van der Waals surface area contributed by atoms with Crippen molar-refractivity contribution in [1.29, 1.82) is 0 Å². The SMILES string of the molecule is CC(=O)O[C@H]1CC2CC[C@H]3[C@@H]4C[C@H]([N+]5(C)CCCCC5)[C@H](OC(C)=O)[C@@]4(C)CC[C@@H]3[C@@]2(C)C[C@@H]1N1CCCCC1.Cl.[Br-]. The molecule has 0 radical (unpaired) electrons. The molecular weight excluding hydrogens is 616 g/mol. The number of carbonyl (C=O) groups excluding carboxylic acids is 2. The molecule has 6 nitrogen and oxygen atoms in total. The molecule has 6 fully saturated rings. The molecule has 0 amide bonds. The van der Waals surface area contributed by atoms with Gasteiger partial charge in [0.15, 0.2) is 6.10 Å². The predicted octanol–water partition coefficient (Wildman–Crippen LogP) is 3.39. The van der Waals surface area contributed by atoms with E-state index in [4.69, 9.17) is 9.47 Å². The number of likely N-dealkylation sites (tertiary alicyclic amines) is 2. The molecule has 6 aliphatic rings. The number of likely N-dealkylation sites (N-methyl/N-ethyl adjacent to an activating group) is 1. The highest BCUT2D eigenvalue weighted by Gasteiger charge is 2.67. The van der Waals surface area contributed by atoms with Crippen molar-refractivity contribution in [1.82, 2.24) is 4.90 Å². The lowest BCUT2D eigenvalue weighted by atomic mass is 9.44. The first-order valence-electron chi connectivity index (χ1n) is 17.0. The van der Waals surface area contributed by atoms with Crippen LogP contribution >= 0.6 is 12.4 Å². The van der Waals surface area contributed by atoms with Crippen molar-refractivity contribution in [2.75, 3.05) is 33.2 Å². The van der Waals surface area contributed by atoms with E-state index in [0.717, 1.165) is 29.9 Å². The first kappa shape index (κ1) is 34.5. The number of carbonyl (C=O) groups is 2. The van der Waals surface area contributed by atoms with Crippen LogP contribution in [-0.2, 0) is 19.1 Å². The number of ether oxygens (including phenoxy) is 2. The Labute approximate surface area is 272 Å². The molecule has 2 saturated heterocycles. The third-order valence-corrected chi connectivity index (χ3v) is 13.7. The van der Waals surface area contributed by atoms with E-state index in [2.05, 4.69) is 25.8 Å². The molecule has 2 heterocycles. The summed E-state index contributed by atoms with van der Waals surface area (Å²) in [5, 5.41) is 0. The number of halogens is 2. The molecule has 10 atom stereocenters. The van der Waals surface area contributed by atoms with Gasteiger partial charge >= 0.3 is 11.9 Å². The Bertz CT molecular complexity index is 971. The minimum absolute atomic E-state index is 0. The highest BCUT2D eigenvalue weighted by atomic mass is 79.9. The monoisotopic (exact) mass is 672 g/mol. The molecule has 0 bridgehead atoms. The van der Waals surface area contributed by atoms with E-state index in [-0.39, 0.29) is 59.0 Å². The lowest BCUT2D eigenvalue weighted by Crippen LogP contribution is -3.00. The number of fused-ring (bicyclic) bond motifs is 5. The van der Waals surface area contributed by atoms with Crippen molar-refractivity contribution in [3.8, 4) is 0 Å². The van der Waals surface area contributed by atoms with Crippen LogP contribution in [0.3, 0.4) is 0 Å². The molecule has 42 heavy (non-hydrogen) atoms. The smallest absolute Gasteiger partial charge is 0.303 e. The van der Waals surface area contributed by atoms with Gasteiger partial charge in [0.1, 0.15) is 12.1 Å². The fraction of sp³-hybridized carbons (Fsp3) is 0.941. The topological polar surface area (TPSA) is 55.8 Å². The molecule has 1 unspecified atom stereocenters. The summed E-state index contributed by atoms with van der Waals surface area (Å²) in [6.45, 7) is 13.1. The van der Waals surface area contributed by atoms with Gasteiger partial charge in [0.2, 0.25) is 0 Å². The number of quaternary nitrogens is 1. The van der Waals surface area contributed by atoms with Gasteiger partial charge < -0.3 is 30.9 Å². The molecule has 4 aliphatic carbocycles. The molecular formula is C34H58BrClN2O4. The van der Waals surface area contributed by atoms with Crippen molar-refractivity contribution < 1.29 is 40.5 Å². The van der Waals surface area contributed by atoms with E-state index in [1.54, 1.807) is 13.8 Å². The standard InChI is InChI=1S/C34H57N2O4.BrH.ClH/c1-23(37)39-31-20-25-12-13-26-27(34(25,4)22-29(31)35-16-8-6-9-17-35)14-15-33(3)28(26)21-30(32(33)40-24(2)38)36(5)18-10-7-11-19-36;;/h25-32H,6-22H2,1-5H3;2*1H/q+1;;/p-1/t25?,26-,27+,28+,29+,30+,31+,32+,33+,34+;;/m1../s1. The Morgan fingerprint density at radius 2 is 1.45 bits per heavy atom. The van der Waals surface area contributed by atoms with Gasteiger partial charge in [-0.1, -0.05) is 20.3 Å². The Morgan fingerprint density at radius 3 is 2.10 bits per heavy atom. The minimum Gasteiger partial charge on any atom is -1.00 e. The zero-order valence-electron chi connectivity index (χ0n) is 27.0. The van der Waals surface area contributed by atoms with Crippen molar-refractivity contribution in [3.63, 3.8) is 0 Å². The zero-order valence-corrected chi connectivity index (χ0v) is 29.4. The van der Waals surface area contributed by atoms with E-state index >= 15 is 0 Å². The molecule has 0 aromatic rings.